The number of carbonyl (C=O) groups is 1. The van der Waals surface area contributed by atoms with E-state index in [1.165, 1.54) is 0 Å². The van der Waals surface area contributed by atoms with Gasteiger partial charge in [0.25, 0.3) is 0 Å². The Bertz CT molecular complexity index is 178. The second-order valence-corrected chi connectivity index (χ2v) is 2.23. The molecule has 0 aromatic rings. The van der Waals surface area contributed by atoms with E-state index in [9.17, 15) is 4.79 Å². The van der Waals surface area contributed by atoms with Gasteiger partial charge in [-0.2, -0.15) is 0 Å². The molecular formula is C9H14O2. The van der Waals surface area contributed by atoms with Gasteiger partial charge in [0.05, 0.1) is 0 Å². The van der Waals surface area contributed by atoms with Crippen LogP contribution in [0.3, 0.4) is 0 Å². The maximum atomic E-state index is 10.4. The first-order chi connectivity index (χ1) is 5.22. The quantitative estimate of drug-likeness (QED) is 0.498. The van der Waals surface area contributed by atoms with Crippen molar-refractivity contribution in [3.05, 3.63) is 23.8 Å². The number of rotatable bonds is 4. The monoisotopic (exact) mass is 154 g/mol. The number of allylic oxidation sites excluding steroid dienone is 3. The van der Waals surface area contributed by atoms with Crippen LogP contribution in [0.5, 0.6) is 0 Å². The Kier molecular flexibility index (Phi) is 5.17. The molecule has 0 radical (unpaired) electrons. The van der Waals surface area contributed by atoms with Crippen LogP contribution in [0.4, 0.5) is 0 Å². The van der Waals surface area contributed by atoms with Crippen molar-refractivity contribution in [1.82, 2.24) is 0 Å². The second kappa shape index (κ2) is 5.71. The summed E-state index contributed by atoms with van der Waals surface area (Å²) >= 11 is 0. The van der Waals surface area contributed by atoms with Gasteiger partial charge >= 0.3 is 5.97 Å². The maximum absolute atomic E-state index is 10.4. The average molecular weight is 154 g/mol. The van der Waals surface area contributed by atoms with Crippen molar-refractivity contribution in [2.45, 2.75) is 26.7 Å². The molecular weight excluding hydrogens is 140 g/mol. The lowest BCUT2D eigenvalue weighted by Gasteiger charge is -1.96. The molecule has 0 aliphatic rings. The third-order valence-electron chi connectivity index (χ3n) is 1.44. The van der Waals surface area contributed by atoms with Crippen LogP contribution < -0.4 is 0 Å². The molecule has 1 N–H and O–H groups in total. The zero-order valence-corrected chi connectivity index (χ0v) is 7.00. The zero-order valence-electron chi connectivity index (χ0n) is 7.00. The lowest BCUT2D eigenvalue weighted by atomic mass is 10.1. The molecule has 11 heavy (non-hydrogen) atoms. The van der Waals surface area contributed by atoms with E-state index in [0.29, 0.717) is 12.0 Å². The summed E-state index contributed by atoms with van der Waals surface area (Å²) in [7, 11) is 0. The van der Waals surface area contributed by atoms with E-state index in [2.05, 4.69) is 0 Å². The molecule has 0 fully saturated rings. The molecule has 0 saturated heterocycles. The number of aliphatic carboxylic acids is 1. The predicted octanol–water partition coefficient (Wildman–Crippen LogP) is 2.37. The van der Waals surface area contributed by atoms with Gasteiger partial charge in [-0.3, -0.25) is 0 Å². The molecule has 0 aromatic carbocycles. The number of hydrogen-bond donors (Lipinski definition) is 1. The third kappa shape index (κ3) is 4.37. The smallest absolute Gasteiger partial charge is 0.331 e. The molecule has 0 rings (SSSR count). The van der Waals surface area contributed by atoms with Crippen LogP contribution >= 0.6 is 0 Å². The van der Waals surface area contributed by atoms with Crippen LogP contribution in [0.25, 0.3) is 0 Å². The van der Waals surface area contributed by atoms with Gasteiger partial charge in [-0.15, -0.1) is 0 Å². The minimum atomic E-state index is -0.808. The fourth-order valence-corrected chi connectivity index (χ4v) is 0.780. The van der Waals surface area contributed by atoms with Crippen LogP contribution in [0.1, 0.15) is 26.7 Å². The van der Waals surface area contributed by atoms with Gasteiger partial charge in [0.2, 0.25) is 0 Å². The SMILES string of the molecule is C/C=C\CC/C(=C\C)C(=O)O. The molecule has 0 atom stereocenters. The van der Waals surface area contributed by atoms with E-state index in [-0.39, 0.29) is 0 Å². The second-order valence-electron chi connectivity index (χ2n) is 2.23. The first-order valence-electron chi connectivity index (χ1n) is 3.72. The van der Waals surface area contributed by atoms with Gasteiger partial charge in [0.1, 0.15) is 0 Å². The molecule has 0 bridgehead atoms. The van der Waals surface area contributed by atoms with Gasteiger partial charge in [-0.1, -0.05) is 18.2 Å². The summed E-state index contributed by atoms with van der Waals surface area (Å²) in [5.74, 6) is -0.808. The lowest BCUT2D eigenvalue weighted by Crippen LogP contribution is -1.99. The van der Waals surface area contributed by atoms with Gasteiger partial charge in [-0.25, -0.2) is 4.79 Å². The molecule has 0 unspecified atom stereocenters. The van der Waals surface area contributed by atoms with Gasteiger partial charge < -0.3 is 5.11 Å². The predicted molar refractivity (Wildman–Crippen MR) is 45.4 cm³/mol. The molecule has 2 heteroatoms. The highest BCUT2D eigenvalue weighted by atomic mass is 16.4. The molecule has 0 spiro atoms. The minimum absolute atomic E-state index is 0.489. The van der Waals surface area contributed by atoms with Crippen LogP contribution in [0.2, 0.25) is 0 Å². The van der Waals surface area contributed by atoms with E-state index in [0.717, 1.165) is 6.42 Å². The number of hydrogen-bond acceptors (Lipinski definition) is 1. The highest BCUT2D eigenvalue weighted by Crippen LogP contribution is 2.05. The summed E-state index contributed by atoms with van der Waals surface area (Å²) < 4.78 is 0. The third-order valence-corrected chi connectivity index (χ3v) is 1.44. The summed E-state index contributed by atoms with van der Waals surface area (Å²) in [5.41, 5.74) is 0.489. The van der Waals surface area contributed by atoms with Gasteiger partial charge in [0, 0.05) is 5.57 Å². The molecule has 2 nitrogen and oxygen atoms in total. The molecule has 0 aliphatic heterocycles. The average Bonchev–Trinajstić information content (AvgIpc) is 1.97. The van der Waals surface area contributed by atoms with E-state index in [4.69, 9.17) is 5.11 Å². The summed E-state index contributed by atoms with van der Waals surface area (Å²) in [6, 6.07) is 0. The summed E-state index contributed by atoms with van der Waals surface area (Å²) in [5, 5.41) is 8.58. The topological polar surface area (TPSA) is 37.3 Å². The van der Waals surface area contributed by atoms with Gasteiger partial charge in [-0.05, 0) is 26.7 Å². The summed E-state index contributed by atoms with van der Waals surface area (Å²) in [4.78, 5) is 10.4. The number of carboxylic acid groups (broad SMARTS) is 1. The standard InChI is InChI=1S/C9H14O2/c1-3-5-6-7-8(4-2)9(10)11/h3-5H,6-7H2,1-2H3,(H,10,11)/b5-3-,8-4+. The summed E-state index contributed by atoms with van der Waals surface area (Å²) in [6.45, 7) is 3.68. The maximum Gasteiger partial charge on any atom is 0.331 e. The lowest BCUT2D eigenvalue weighted by molar-refractivity contribution is -0.132. The van der Waals surface area contributed by atoms with Crippen molar-refractivity contribution in [3.8, 4) is 0 Å². The molecule has 0 aromatic heterocycles. The van der Waals surface area contributed by atoms with Crippen molar-refractivity contribution in [2.24, 2.45) is 0 Å². The van der Waals surface area contributed by atoms with Crippen LogP contribution in [0, 0.1) is 0 Å². The molecule has 0 saturated carbocycles. The van der Waals surface area contributed by atoms with Crippen molar-refractivity contribution in [1.29, 1.82) is 0 Å². The highest BCUT2D eigenvalue weighted by molar-refractivity contribution is 5.86. The Balaban J connectivity index is 3.82. The molecule has 62 valence electrons. The Labute approximate surface area is 67.2 Å². The van der Waals surface area contributed by atoms with E-state index >= 15 is 0 Å². The van der Waals surface area contributed by atoms with E-state index < -0.39 is 5.97 Å². The molecule has 0 amide bonds. The fourth-order valence-electron chi connectivity index (χ4n) is 0.780. The van der Waals surface area contributed by atoms with Crippen LogP contribution in [-0.2, 0) is 4.79 Å². The van der Waals surface area contributed by atoms with Crippen molar-refractivity contribution < 1.29 is 9.90 Å². The Morgan fingerprint density at radius 1 is 1.45 bits per heavy atom. The van der Waals surface area contributed by atoms with Crippen LogP contribution in [0.15, 0.2) is 23.8 Å². The van der Waals surface area contributed by atoms with Crippen molar-refractivity contribution >= 4 is 5.97 Å². The van der Waals surface area contributed by atoms with Gasteiger partial charge in [0.15, 0.2) is 0 Å². The first-order valence-corrected chi connectivity index (χ1v) is 3.72. The fraction of sp³-hybridized carbons (Fsp3) is 0.444. The normalized spacial score (nSPS) is 12.4. The van der Waals surface area contributed by atoms with Crippen molar-refractivity contribution in [2.75, 3.05) is 0 Å². The zero-order chi connectivity index (χ0) is 8.69. The Hall–Kier alpha value is -1.05. The summed E-state index contributed by atoms with van der Waals surface area (Å²) in [6.07, 6.45) is 6.96. The molecule has 0 heterocycles. The molecule has 0 aliphatic carbocycles. The van der Waals surface area contributed by atoms with E-state index in [1.54, 1.807) is 13.0 Å². The minimum Gasteiger partial charge on any atom is -0.478 e. The Morgan fingerprint density at radius 2 is 2.09 bits per heavy atom. The first kappa shape index (κ1) is 9.95. The van der Waals surface area contributed by atoms with Crippen molar-refractivity contribution in [3.63, 3.8) is 0 Å². The largest absolute Gasteiger partial charge is 0.478 e. The van der Waals surface area contributed by atoms with E-state index in [1.807, 2.05) is 19.1 Å². The number of carboxylic acids is 1. The Morgan fingerprint density at radius 3 is 2.45 bits per heavy atom. The highest BCUT2D eigenvalue weighted by Gasteiger charge is 2.02. The van der Waals surface area contributed by atoms with Crippen LogP contribution in [-0.4, -0.2) is 11.1 Å².